The molecule has 2 rings (SSSR count). The molecule has 0 aliphatic rings. The molecule has 1 unspecified atom stereocenters. The van der Waals surface area contributed by atoms with E-state index in [2.05, 4.69) is 35.5 Å². The Kier molecular flexibility index (Phi) is 4.71. The molecule has 0 saturated carbocycles. The van der Waals surface area contributed by atoms with Crippen LogP contribution in [0.3, 0.4) is 0 Å². The Labute approximate surface area is 119 Å². The molecule has 0 fully saturated rings. The Balaban J connectivity index is 2.08. The van der Waals surface area contributed by atoms with E-state index in [1.165, 1.54) is 0 Å². The largest absolute Gasteiger partial charge is 0.323 e. The lowest BCUT2D eigenvalue weighted by Gasteiger charge is -2.16. The van der Waals surface area contributed by atoms with E-state index in [4.69, 9.17) is 0 Å². The SMILES string of the molecule is CCC(C)c1ccccc1NC(=O)Nc1ccncc1. The first-order valence-electron chi connectivity index (χ1n) is 6.77. The van der Waals surface area contributed by atoms with Crippen LogP contribution in [0.5, 0.6) is 0 Å². The summed E-state index contributed by atoms with van der Waals surface area (Å²) >= 11 is 0. The summed E-state index contributed by atoms with van der Waals surface area (Å²) in [4.78, 5) is 15.9. The number of carbonyl (C=O) groups is 1. The molecule has 0 saturated heterocycles. The lowest BCUT2D eigenvalue weighted by molar-refractivity contribution is 0.262. The number of rotatable bonds is 4. The van der Waals surface area contributed by atoms with Crippen molar-refractivity contribution in [3.8, 4) is 0 Å². The molecule has 1 aromatic carbocycles. The number of aromatic nitrogens is 1. The van der Waals surface area contributed by atoms with Gasteiger partial charge in [-0.3, -0.25) is 4.98 Å². The van der Waals surface area contributed by atoms with Crippen LogP contribution in [0.4, 0.5) is 16.2 Å². The van der Waals surface area contributed by atoms with Crippen LogP contribution >= 0.6 is 0 Å². The van der Waals surface area contributed by atoms with Crippen molar-refractivity contribution in [3.05, 3.63) is 54.4 Å². The third-order valence-corrected chi connectivity index (χ3v) is 3.29. The third-order valence-electron chi connectivity index (χ3n) is 3.29. The van der Waals surface area contributed by atoms with Gasteiger partial charge in [-0.25, -0.2) is 4.79 Å². The molecule has 0 bridgehead atoms. The van der Waals surface area contributed by atoms with Crippen molar-refractivity contribution in [3.63, 3.8) is 0 Å². The predicted molar refractivity (Wildman–Crippen MR) is 82.0 cm³/mol. The van der Waals surface area contributed by atoms with Gasteiger partial charge in [0.1, 0.15) is 0 Å². The topological polar surface area (TPSA) is 54.0 Å². The number of urea groups is 1. The van der Waals surface area contributed by atoms with Crippen LogP contribution in [0.2, 0.25) is 0 Å². The molecule has 104 valence electrons. The fourth-order valence-electron chi connectivity index (χ4n) is 1.98. The van der Waals surface area contributed by atoms with Gasteiger partial charge in [-0.05, 0) is 36.1 Å². The summed E-state index contributed by atoms with van der Waals surface area (Å²) in [5.41, 5.74) is 2.73. The summed E-state index contributed by atoms with van der Waals surface area (Å²) in [6.45, 7) is 4.29. The van der Waals surface area contributed by atoms with E-state index in [1.54, 1.807) is 24.5 Å². The van der Waals surface area contributed by atoms with Gasteiger partial charge in [-0.15, -0.1) is 0 Å². The highest BCUT2D eigenvalue weighted by Gasteiger charge is 2.10. The van der Waals surface area contributed by atoms with Crippen LogP contribution < -0.4 is 10.6 Å². The van der Waals surface area contributed by atoms with Gasteiger partial charge in [-0.2, -0.15) is 0 Å². The van der Waals surface area contributed by atoms with Gasteiger partial charge in [0.05, 0.1) is 0 Å². The number of anilines is 2. The van der Waals surface area contributed by atoms with Crippen molar-refractivity contribution in [2.45, 2.75) is 26.2 Å². The predicted octanol–water partition coefficient (Wildman–Crippen LogP) is 4.24. The highest BCUT2D eigenvalue weighted by molar-refractivity contribution is 6.00. The number of amides is 2. The van der Waals surface area contributed by atoms with Crippen LogP contribution in [0.25, 0.3) is 0 Å². The summed E-state index contributed by atoms with van der Waals surface area (Å²) in [6, 6.07) is 11.2. The molecule has 0 aliphatic carbocycles. The van der Waals surface area contributed by atoms with Crippen molar-refractivity contribution in [2.75, 3.05) is 10.6 Å². The number of carbonyl (C=O) groups excluding carboxylic acids is 1. The van der Waals surface area contributed by atoms with Gasteiger partial charge in [0.25, 0.3) is 0 Å². The fraction of sp³-hybridized carbons (Fsp3) is 0.250. The molecular formula is C16H19N3O. The third kappa shape index (κ3) is 3.57. The smallest absolute Gasteiger partial charge is 0.308 e. The molecule has 20 heavy (non-hydrogen) atoms. The van der Waals surface area contributed by atoms with Gasteiger partial charge in [0.15, 0.2) is 0 Å². The standard InChI is InChI=1S/C16H19N3O/c1-3-12(2)14-6-4-5-7-15(14)19-16(20)18-13-8-10-17-11-9-13/h4-12H,3H2,1-2H3,(H2,17,18,19,20). The van der Waals surface area contributed by atoms with Crippen molar-refractivity contribution in [1.29, 1.82) is 0 Å². The Hall–Kier alpha value is -2.36. The molecule has 4 nitrogen and oxygen atoms in total. The van der Waals surface area contributed by atoms with Crippen molar-refractivity contribution < 1.29 is 4.79 Å². The molecule has 1 heterocycles. The van der Waals surface area contributed by atoms with E-state index in [-0.39, 0.29) is 6.03 Å². The second-order valence-corrected chi connectivity index (χ2v) is 4.71. The van der Waals surface area contributed by atoms with Crippen molar-refractivity contribution >= 4 is 17.4 Å². The molecule has 2 aromatic rings. The number of nitrogens with one attached hydrogen (secondary N) is 2. The Bertz CT molecular complexity index is 569. The normalized spacial score (nSPS) is 11.7. The van der Waals surface area contributed by atoms with Gasteiger partial charge in [0, 0.05) is 23.8 Å². The lowest BCUT2D eigenvalue weighted by Crippen LogP contribution is -2.20. The maximum absolute atomic E-state index is 12.0. The molecule has 2 N–H and O–H groups in total. The van der Waals surface area contributed by atoms with E-state index in [9.17, 15) is 4.79 Å². The number of para-hydroxylation sites is 1. The lowest BCUT2D eigenvalue weighted by atomic mass is 9.97. The second kappa shape index (κ2) is 6.70. The fourth-order valence-corrected chi connectivity index (χ4v) is 1.98. The summed E-state index contributed by atoms with van der Waals surface area (Å²) in [6.07, 6.45) is 4.32. The average molecular weight is 269 g/mol. The first-order valence-corrected chi connectivity index (χ1v) is 6.77. The van der Waals surface area contributed by atoms with Crippen LogP contribution in [0, 0.1) is 0 Å². The summed E-state index contributed by atoms with van der Waals surface area (Å²) in [7, 11) is 0. The van der Waals surface area contributed by atoms with E-state index < -0.39 is 0 Å². The van der Waals surface area contributed by atoms with Gasteiger partial charge < -0.3 is 10.6 Å². The second-order valence-electron chi connectivity index (χ2n) is 4.71. The number of nitrogens with zero attached hydrogens (tertiary/aromatic N) is 1. The minimum absolute atomic E-state index is 0.244. The number of benzene rings is 1. The van der Waals surface area contributed by atoms with Gasteiger partial charge >= 0.3 is 6.03 Å². The molecule has 0 spiro atoms. The molecular weight excluding hydrogens is 250 g/mol. The van der Waals surface area contributed by atoms with Crippen LogP contribution in [0.1, 0.15) is 31.7 Å². The Morgan fingerprint density at radius 1 is 1.15 bits per heavy atom. The number of hydrogen-bond acceptors (Lipinski definition) is 2. The molecule has 0 aliphatic heterocycles. The van der Waals surface area contributed by atoms with Crippen LogP contribution in [-0.2, 0) is 0 Å². The van der Waals surface area contributed by atoms with E-state index >= 15 is 0 Å². The van der Waals surface area contributed by atoms with E-state index in [0.717, 1.165) is 23.4 Å². The summed E-state index contributed by atoms with van der Waals surface area (Å²) < 4.78 is 0. The van der Waals surface area contributed by atoms with E-state index in [0.29, 0.717) is 5.92 Å². The minimum atomic E-state index is -0.244. The Morgan fingerprint density at radius 3 is 2.55 bits per heavy atom. The highest BCUT2D eigenvalue weighted by atomic mass is 16.2. The zero-order chi connectivity index (χ0) is 14.4. The highest BCUT2D eigenvalue weighted by Crippen LogP contribution is 2.26. The molecule has 1 aromatic heterocycles. The first kappa shape index (κ1) is 14.1. The molecule has 1 atom stereocenters. The van der Waals surface area contributed by atoms with E-state index in [1.807, 2.05) is 18.2 Å². The maximum Gasteiger partial charge on any atom is 0.323 e. The van der Waals surface area contributed by atoms with Crippen molar-refractivity contribution in [1.82, 2.24) is 4.98 Å². The van der Waals surface area contributed by atoms with Crippen molar-refractivity contribution in [2.24, 2.45) is 0 Å². The average Bonchev–Trinajstić information content (AvgIpc) is 2.48. The molecule has 2 amide bonds. The van der Waals surface area contributed by atoms with Crippen LogP contribution in [-0.4, -0.2) is 11.0 Å². The summed E-state index contributed by atoms with van der Waals surface area (Å²) in [5, 5.41) is 5.69. The van der Waals surface area contributed by atoms with Gasteiger partial charge in [0.2, 0.25) is 0 Å². The quantitative estimate of drug-likeness (QED) is 0.872. The number of hydrogen-bond donors (Lipinski definition) is 2. The van der Waals surface area contributed by atoms with Crippen LogP contribution in [0.15, 0.2) is 48.8 Å². The monoisotopic (exact) mass is 269 g/mol. The zero-order valence-electron chi connectivity index (χ0n) is 11.8. The molecule has 0 radical (unpaired) electrons. The summed E-state index contributed by atoms with van der Waals surface area (Å²) in [5.74, 6) is 0.410. The molecule has 4 heteroatoms. The first-order chi connectivity index (χ1) is 9.70. The maximum atomic E-state index is 12.0. The minimum Gasteiger partial charge on any atom is -0.308 e. The Morgan fingerprint density at radius 2 is 1.85 bits per heavy atom. The zero-order valence-corrected chi connectivity index (χ0v) is 11.8. The van der Waals surface area contributed by atoms with Gasteiger partial charge in [-0.1, -0.05) is 32.0 Å². The number of pyridine rings is 1.